The summed E-state index contributed by atoms with van der Waals surface area (Å²) in [6.07, 6.45) is 2.50. The first kappa shape index (κ1) is 15.3. The third kappa shape index (κ3) is 4.45. The molecule has 0 saturated carbocycles. The lowest BCUT2D eigenvalue weighted by Gasteiger charge is -2.18. The molecular formula is C17H17ClN2O. The lowest BCUT2D eigenvalue weighted by molar-refractivity contribution is 0.0925. The molecule has 2 aromatic rings. The van der Waals surface area contributed by atoms with Crippen molar-refractivity contribution in [3.8, 4) is 0 Å². The summed E-state index contributed by atoms with van der Waals surface area (Å²) in [5.41, 5.74) is 7.41. The van der Waals surface area contributed by atoms with E-state index in [0.717, 1.165) is 5.56 Å². The predicted octanol–water partition coefficient (Wildman–Crippen LogP) is 3.89. The van der Waals surface area contributed by atoms with E-state index >= 15 is 0 Å². The monoisotopic (exact) mass is 300 g/mol. The van der Waals surface area contributed by atoms with Crippen molar-refractivity contribution in [1.82, 2.24) is 10.9 Å². The van der Waals surface area contributed by atoms with Gasteiger partial charge in [-0.2, -0.15) is 0 Å². The van der Waals surface area contributed by atoms with E-state index in [1.54, 1.807) is 18.2 Å². The van der Waals surface area contributed by atoms with Gasteiger partial charge < -0.3 is 0 Å². The van der Waals surface area contributed by atoms with Crippen LogP contribution in [0, 0.1) is 0 Å². The summed E-state index contributed by atoms with van der Waals surface area (Å²) in [5, 5.41) is 0.685. The van der Waals surface area contributed by atoms with Crippen molar-refractivity contribution in [2.45, 2.75) is 12.5 Å². The molecule has 1 atom stereocenters. The lowest BCUT2D eigenvalue weighted by Crippen LogP contribution is -2.39. The van der Waals surface area contributed by atoms with Gasteiger partial charge in [0.05, 0.1) is 6.04 Å². The van der Waals surface area contributed by atoms with Gasteiger partial charge in [0, 0.05) is 10.6 Å². The molecule has 0 bridgehead atoms. The smallest absolute Gasteiger partial charge is 0.265 e. The van der Waals surface area contributed by atoms with E-state index in [4.69, 9.17) is 11.6 Å². The Morgan fingerprint density at radius 3 is 2.43 bits per heavy atom. The second-order valence-electron chi connectivity index (χ2n) is 4.59. The van der Waals surface area contributed by atoms with E-state index in [2.05, 4.69) is 17.4 Å². The van der Waals surface area contributed by atoms with Crippen LogP contribution in [0.25, 0.3) is 0 Å². The summed E-state index contributed by atoms with van der Waals surface area (Å²) in [6.45, 7) is 3.75. The molecule has 4 heteroatoms. The molecule has 2 aromatic carbocycles. The van der Waals surface area contributed by atoms with Crippen LogP contribution in [-0.4, -0.2) is 5.91 Å². The van der Waals surface area contributed by atoms with E-state index < -0.39 is 0 Å². The second kappa shape index (κ2) is 7.62. The van der Waals surface area contributed by atoms with Crippen LogP contribution in [0.15, 0.2) is 67.3 Å². The molecule has 1 amide bonds. The lowest BCUT2D eigenvalue weighted by atomic mass is 10.0. The second-order valence-corrected chi connectivity index (χ2v) is 5.03. The topological polar surface area (TPSA) is 41.1 Å². The summed E-state index contributed by atoms with van der Waals surface area (Å²) in [5.74, 6) is -0.168. The maximum atomic E-state index is 12.0. The Morgan fingerprint density at radius 1 is 1.14 bits per heavy atom. The molecule has 2 rings (SSSR count). The van der Waals surface area contributed by atoms with Gasteiger partial charge in [-0.05, 0) is 36.2 Å². The molecule has 0 saturated heterocycles. The zero-order valence-corrected chi connectivity index (χ0v) is 12.3. The Kier molecular flexibility index (Phi) is 5.55. The number of hydrogen-bond donors (Lipinski definition) is 2. The van der Waals surface area contributed by atoms with Crippen molar-refractivity contribution in [3.05, 3.63) is 83.4 Å². The number of hydrogen-bond acceptors (Lipinski definition) is 2. The van der Waals surface area contributed by atoms with Gasteiger partial charge in [0.25, 0.3) is 5.91 Å². The predicted molar refractivity (Wildman–Crippen MR) is 86.1 cm³/mol. The van der Waals surface area contributed by atoms with E-state index in [1.807, 2.05) is 42.5 Å². The Labute approximate surface area is 129 Å². The van der Waals surface area contributed by atoms with Crippen molar-refractivity contribution in [1.29, 1.82) is 0 Å². The highest BCUT2D eigenvalue weighted by molar-refractivity contribution is 6.30. The summed E-state index contributed by atoms with van der Waals surface area (Å²) in [7, 11) is 0. The fourth-order valence-electron chi connectivity index (χ4n) is 1.95. The summed E-state index contributed by atoms with van der Waals surface area (Å²) in [6, 6.07) is 16.5. The Bertz CT molecular complexity index is 596. The van der Waals surface area contributed by atoms with Gasteiger partial charge in [-0.3, -0.25) is 10.2 Å². The molecule has 108 valence electrons. The normalized spacial score (nSPS) is 11.7. The number of benzene rings is 2. The van der Waals surface area contributed by atoms with Crippen LogP contribution in [0.4, 0.5) is 0 Å². The first-order chi connectivity index (χ1) is 10.2. The molecule has 2 N–H and O–H groups in total. The quantitative estimate of drug-likeness (QED) is 0.627. The van der Waals surface area contributed by atoms with Crippen molar-refractivity contribution < 1.29 is 4.79 Å². The van der Waals surface area contributed by atoms with Crippen LogP contribution in [0.5, 0.6) is 0 Å². The van der Waals surface area contributed by atoms with Crippen LogP contribution in [0.3, 0.4) is 0 Å². The first-order valence-corrected chi connectivity index (χ1v) is 7.06. The molecule has 3 nitrogen and oxygen atoms in total. The minimum atomic E-state index is -0.168. The number of carbonyl (C=O) groups excluding carboxylic acids is 1. The van der Waals surface area contributed by atoms with Crippen molar-refractivity contribution >= 4 is 17.5 Å². The fraction of sp³-hybridized carbons (Fsp3) is 0.118. The standard InChI is InChI=1S/C17H17ClN2O/c1-2-6-16(13-9-11-15(18)12-10-13)19-20-17(21)14-7-4-3-5-8-14/h2-5,7-12,16,19H,1,6H2,(H,20,21). The molecule has 0 aliphatic rings. The number of carbonyl (C=O) groups is 1. The third-order valence-electron chi connectivity index (χ3n) is 3.07. The van der Waals surface area contributed by atoms with Gasteiger partial charge in [0.15, 0.2) is 0 Å². The SMILES string of the molecule is C=CCC(NNC(=O)c1ccccc1)c1ccc(Cl)cc1. The number of amides is 1. The van der Waals surface area contributed by atoms with Gasteiger partial charge in [-0.25, -0.2) is 5.43 Å². The molecule has 0 aromatic heterocycles. The highest BCUT2D eigenvalue weighted by Crippen LogP contribution is 2.19. The number of halogens is 1. The molecule has 0 spiro atoms. The van der Waals surface area contributed by atoms with Crippen molar-refractivity contribution in [2.24, 2.45) is 0 Å². The number of rotatable bonds is 6. The number of nitrogens with one attached hydrogen (secondary N) is 2. The van der Waals surface area contributed by atoms with Gasteiger partial charge in [0.1, 0.15) is 0 Å². The van der Waals surface area contributed by atoms with E-state index in [0.29, 0.717) is 17.0 Å². The molecular weight excluding hydrogens is 284 g/mol. The van der Waals surface area contributed by atoms with Crippen molar-refractivity contribution in [2.75, 3.05) is 0 Å². The minimum absolute atomic E-state index is 0.0487. The van der Waals surface area contributed by atoms with Gasteiger partial charge in [-0.1, -0.05) is 48.0 Å². The molecule has 21 heavy (non-hydrogen) atoms. The minimum Gasteiger partial charge on any atom is -0.287 e. The maximum Gasteiger partial charge on any atom is 0.265 e. The Balaban J connectivity index is 2.02. The van der Waals surface area contributed by atoms with Gasteiger partial charge >= 0.3 is 0 Å². The zero-order valence-electron chi connectivity index (χ0n) is 11.6. The maximum absolute atomic E-state index is 12.0. The van der Waals surface area contributed by atoms with E-state index in [9.17, 15) is 4.79 Å². The van der Waals surface area contributed by atoms with Crippen LogP contribution < -0.4 is 10.9 Å². The fourth-order valence-corrected chi connectivity index (χ4v) is 2.08. The molecule has 0 aliphatic heterocycles. The molecule has 0 aliphatic carbocycles. The van der Waals surface area contributed by atoms with E-state index in [1.165, 1.54) is 0 Å². The molecule has 0 fully saturated rings. The zero-order chi connectivity index (χ0) is 15.1. The molecule has 1 unspecified atom stereocenters. The van der Waals surface area contributed by atoms with Crippen LogP contribution in [-0.2, 0) is 0 Å². The highest BCUT2D eigenvalue weighted by Gasteiger charge is 2.11. The summed E-state index contributed by atoms with van der Waals surface area (Å²) in [4.78, 5) is 12.0. The van der Waals surface area contributed by atoms with E-state index in [-0.39, 0.29) is 11.9 Å². The average molecular weight is 301 g/mol. The highest BCUT2D eigenvalue weighted by atomic mass is 35.5. The van der Waals surface area contributed by atoms with Gasteiger partial charge in [-0.15, -0.1) is 6.58 Å². The van der Waals surface area contributed by atoms with Crippen LogP contribution >= 0.6 is 11.6 Å². The Morgan fingerprint density at radius 2 is 1.81 bits per heavy atom. The summed E-state index contributed by atoms with van der Waals surface area (Å²) < 4.78 is 0. The largest absolute Gasteiger partial charge is 0.287 e. The van der Waals surface area contributed by atoms with Crippen LogP contribution in [0.2, 0.25) is 5.02 Å². The number of hydrazine groups is 1. The molecule has 0 radical (unpaired) electrons. The van der Waals surface area contributed by atoms with Gasteiger partial charge in [0.2, 0.25) is 0 Å². The summed E-state index contributed by atoms with van der Waals surface area (Å²) >= 11 is 5.89. The molecule has 0 heterocycles. The first-order valence-electron chi connectivity index (χ1n) is 6.68. The van der Waals surface area contributed by atoms with Crippen LogP contribution in [0.1, 0.15) is 28.4 Å². The average Bonchev–Trinajstić information content (AvgIpc) is 2.53. The van der Waals surface area contributed by atoms with Crippen molar-refractivity contribution in [3.63, 3.8) is 0 Å². The third-order valence-corrected chi connectivity index (χ3v) is 3.32. The Hall–Kier alpha value is -2.10.